The Morgan fingerprint density at radius 1 is 1.60 bits per heavy atom. The SMILES string of the molecule is COc1cc(C)nc(CN2CCOCC2CC(=O)O)c1. The number of morpholine rings is 1. The average molecular weight is 280 g/mol. The molecule has 110 valence electrons. The van der Waals surface area contributed by atoms with Gasteiger partial charge in [-0.1, -0.05) is 0 Å². The first kappa shape index (κ1) is 14.7. The van der Waals surface area contributed by atoms with Gasteiger partial charge in [0, 0.05) is 37.0 Å². The number of ether oxygens (including phenoxy) is 2. The molecule has 0 aromatic carbocycles. The molecule has 1 aromatic heterocycles. The van der Waals surface area contributed by atoms with Crippen molar-refractivity contribution < 1.29 is 19.4 Å². The third-order valence-corrected chi connectivity index (χ3v) is 3.34. The number of pyridine rings is 1. The first-order chi connectivity index (χ1) is 9.58. The fourth-order valence-corrected chi connectivity index (χ4v) is 2.40. The smallest absolute Gasteiger partial charge is 0.305 e. The van der Waals surface area contributed by atoms with Gasteiger partial charge in [0.1, 0.15) is 5.75 Å². The Hall–Kier alpha value is -1.66. The van der Waals surface area contributed by atoms with Gasteiger partial charge in [-0.15, -0.1) is 0 Å². The predicted molar refractivity (Wildman–Crippen MR) is 72.8 cm³/mol. The molecule has 2 heterocycles. The van der Waals surface area contributed by atoms with E-state index in [-0.39, 0.29) is 12.5 Å². The number of methoxy groups -OCH3 is 1. The van der Waals surface area contributed by atoms with Crippen molar-refractivity contribution in [1.82, 2.24) is 9.88 Å². The van der Waals surface area contributed by atoms with E-state index in [9.17, 15) is 4.79 Å². The van der Waals surface area contributed by atoms with Crippen molar-refractivity contribution in [2.24, 2.45) is 0 Å². The van der Waals surface area contributed by atoms with Gasteiger partial charge in [-0.2, -0.15) is 0 Å². The molecule has 1 aliphatic rings. The predicted octanol–water partition coefficient (Wildman–Crippen LogP) is 1.07. The van der Waals surface area contributed by atoms with E-state index in [1.54, 1.807) is 7.11 Å². The number of aromatic nitrogens is 1. The van der Waals surface area contributed by atoms with Crippen LogP contribution in [0.25, 0.3) is 0 Å². The second kappa shape index (κ2) is 6.67. The van der Waals surface area contributed by atoms with Crippen molar-refractivity contribution in [3.05, 3.63) is 23.5 Å². The Kier molecular flexibility index (Phi) is 4.92. The number of nitrogens with zero attached hydrogens (tertiary/aromatic N) is 2. The first-order valence-electron chi connectivity index (χ1n) is 6.63. The molecule has 1 atom stereocenters. The fraction of sp³-hybridized carbons (Fsp3) is 0.571. The minimum Gasteiger partial charge on any atom is -0.497 e. The van der Waals surface area contributed by atoms with Crippen LogP contribution >= 0.6 is 0 Å². The Bertz CT molecular complexity index is 478. The van der Waals surface area contributed by atoms with E-state index in [0.29, 0.717) is 19.8 Å². The summed E-state index contributed by atoms with van der Waals surface area (Å²) in [6.45, 7) is 4.32. The number of carboxylic acid groups (broad SMARTS) is 1. The van der Waals surface area contributed by atoms with Gasteiger partial charge in [0.15, 0.2) is 0 Å². The molecule has 20 heavy (non-hydrogen) atoms. The second-order valence-corrected chi connectivity index (χ2v) is 4.94. The molecule has 0 aliphatic carbocycles. The zero-order valence-corrected chi connectivity index (χ0v) is 11.8. The van der Waals surface area contributed by atoms with Crippen LogP contribution in [0.1, 0.15) is 17.8 Å². The summed E-state index contributed by atoms with van der Waals surface area (Å²) in [4.78, 5) is 17.5. The van der Waals surface area contributed by atoms with Crippen LogP contribution in [0.2, 0.25) is 0 Å². The van der Waals surface area contributed by atoms with E-state index < -0.39 is 5.97 Å². The summed E-state index contributed by atoms with van der Waals surface area (Å²) in [5.41, 5.74) is 1.78. The molecule has 1 unspecified atom stereocenters. The highest BCUT2D eigenvalue weighted by molar-refractivity contribution is 5.67. The van der Waals surface area contributed by atoms with Gasteiger partial charge in [0.05, 0.1) is 32.4 Å². The highest BCUT2D eigenvalue weighted by atomic mass is 16.5. The number of hydrogen-bond acceptors (Lipinski definition) is 5. The Morgan fingerprint density at radius 3 is 3.10 bits per heavy atom. The molecule has 0 spiro atoms. The summed E-state index contributed by atoms with van der Waals surface area (Å²) in [6, 6.07) is 3.66. The zero-order chi connectivity index (χ0) is 14.5. The maximum Gasteiger partial charge on any atom is 0.305 e. The molecule has 1 N–H and O–H groups in total. The largest absolute Gasteiger partial charge is 0.497 e. The zero-order valence-electron chi connectivity index (χ0n) is 11.8. The minimum absolute atomic E-state index is 0.0863. The third-order valence-electron chi connectivity index (χ3n) is 3.34. The average Bonchev–Trinajstić information content (AvgIpc) is 2.39. The van der Waals surface area contributed by atoms with Crippen LogP contribution in [-0.4, -0.2) is 53.9 Å². The molecule has 0 radical (unpaired) electrons. The molecule has 1 aromatic rings. The standard InChI is InChI=1S/C14H20N2O4/c1-10-5-13(19-2)6-11(15-10)8-16-3-4-20-9-12(16)7-14(17)18/h5-6,12H,3-4,7-9H2,1-2H3,(H,17,18). The van der Waals surface area contributed by atoms with Gasteiger partial charge < -0.3 is 14.6 Å². The van der Waals surface area contributed by atoms with E-state index in [0.717, 1.165) is 23.7 Å². The Labute approximate surface area is 118 Å². The van der Waals surface area contributed by atoms with Gasteiger partial charge in [0.2, 0.25) is 0 Å². The van der Waals surface area contributed by atoms with Gasteiger partial charge >= 0.3 is 5.97 Å². The summed E-state index contributed by atoms with van der Waals surface area (Å²) < 4.78 is 10.6. The number of rotatable bonds is 5. The molecule has 1 saturated heterocycles. The molecular weight excluding hydrogens is 260 g/mol. The monoisotopic (exact) mass is 280 g/mol. The summed E-state index contributed by atoms with van der Waals surface area (Å²) in [7, 11) is 1.63. The van der Waals surface area contributed by atoms with Crippen molar-refractivity contribution in [2.75, 3.05) is 26.9 Å². The maximum atomic E-state index is 10.9. The molecule has 6 heteroatoms. The van der Waals surface area contributed by atoms with E-state index >= 15 is 0 Å². The molecule has 0 saturated carbocycles. The Morgan fingerprint density at radius 2 is 2.40 bits per heavy atom. The quantitative estimate of drug-likeness (QED) is 0.870. The lowest BCUT2D eigenvalue weighted by Gasteiger charge is -2.34. The molecule has 6 nitrogen and oxygen atoms in total. The number of carbonyl (C=O) groups is 1. The second-order valence-electron chi connectivity index (χ2n) is 4.94. The van der Waals surface area contributed by atoms with Crippen molar-refractivity contribution in [3.63, 3.8) is 0 Å². The third kappa shape index (κ3) is 3.91. The van der Waals surface area contributed by atoms with E-state index in [1.807, 2.05) is 19.1 Å². The van der Waals surface area contributed by atoms with Crippen molar-refractivity contribution >= 4 is 5.97 Å². The van der Waals surface area contributed by atoms with E-state index in [4.69, 9.17) is 14.6 Å². The molecule has 0 bridgehead atoms. The first-order valence-corrected chi connectivity index (χ1v) is 6.63. The summed E-state index contributed by atoms with van der Waals surface area (Å²) in [5, 5.41) is 8.96. The topological polar surface area (TPSA) is 71.9 Å². The lowest BCUT2D eigenvalue weighted by atomic mass is 10.1. The number of aliphatic carboxylic acids is 1. The number of carboxylic acids is 1. The van der Waals surface area contributed by atoms with Gasteiger partial charge in [-0.05, 0) is 6.92 Å². The normalized spacial score (nSPS) is 19.8. The highest BCUT2D eigenvalue weighted by Crippen LogP contribution is 2.18. The molecular formula is C14H20N2O4. The van der Waals surface area contributed by atoms with Gasteiger partial charge in [0.25, 0.3) is 0 Å². The van der Waals surface area contributed by atoms with Gasteiger partial charge in [-0.25, -0.2) is 0 Å². The maximum absolute atomic E-state index is 10.9. The summed E-state index contributed by atoms with van der Waals surface area (Å²) in [5.74, 6) is -0.0316. The van der Waals surface area contributed by atoms with Crippen molar-refractivity contribution in [1.29, 1.82) is 0 Å². The minimum atomic E-state index is -0.805. The molecule has 1 aliphatic heterocycles. The highest BCUT2D eigenvalue weighted by Gasteiger charge is 2.25. The van der Waals surface area contributed by atoms with E-state index in [2.05, 4.69) is 9.88 Å². The van der Waals surface area contributed by atoms with Crippen LogP contribution < -0.4 is 4.74 Å². The molecule has 2 rings (SSSR count). The van der Waals surface area contributed by atoms with Gasteiger partial charge in [-0.3, -0.25) is 14.7 Å². The van der Waals surface area contributed by atoms with Crippen LogP contribution in [-0.2, 0) is 16.1 Å². The van der Waals surface area contributed by atoms with Crippen molar-refractivity contribution in [3.8, 4) is 5.75 Å². The summed E-state index contributed by atoms with van der Waals surface area (Å²) in [6.07, 6.45) is 0.0863. The van der Waals surface area contributed by atoms with Crippen LogP contribution in [0.3, 0.4) is 0 Å². The number of aryl methyl sites for hydroxylation is 1. The molecule has 1 fully saturated rings. The van der Waals surface area contributed by atoms with Crippen LogP contribution in [0.5, 0.6) is 5.75 Å². The van der Waals surface area contributed by atoms with Crippen molar-refractivity contribution in [2.45, 2.75) is 25.9 Å². The fourth-order valence-electron chi connectivity index (χ4n) is 2.40. The van der Waals surface area contributed by atoms with Crippen LogP contribution in [0.4, 0.5) is 0 Å². The Balaban J connectivity index is 2.09. The summed E-state index contributed by atoms with van der Waals surface area (Å²) >= 11 is 0. The molecule has 0 amide bonds. The van der Waals surface area contributed by atoms with Crippen LogP contribution in [0.15, 0.2) is 12.1 Å². The van der Waals surface area contributed by atoms with E-state index in [1.165, 1.54) is 0 Å². The lowest BCUT2D eigenvalue weighted by Crippen LogP contribution is -2.46. The number of hydrogen-bond donors (Lipinski definition) is 1. The lowest BCUT2D eigenvalue weighted by molar-refractivity contribution is -0.140. The van der Waals surface area contributed by atoms with Crippen LogP contribution in [0, 0.1) is 6.92 Å².